The molecule has 8 heteroatoms. The monoisotopic (exact) mass is 453 g/mol. The van der Waals surface area contributed by atoms with E-state index in [1.54, 1.807) is 24.5 Å². The van der Waals surface area contributed by atoms with Gasteiger partial charge in [0.05, 0.1) is 24.2 Å². The van der Waals surface area contributed by atoms with Crippen LogP contribution in [0.15, 0.2) is 82.3 Å². The number of furan rings is 1. The summed E-state index contributed by atoms with van der Waals surface area (Å²) in [6.45, 7) is 2.29. The number of nitrogens with zero attached hydrogens (tertiary/aromatic N) is 2. The third kappa shape index (κ3) is 5.64. The summed E-state index contributed by atoms with van der Waals surface area (Å²) in [4.78, 5) is 15.0. The van der Waals surface area contributed by atoms with E-state index in [0.717, 1.165) is 24.2 Å². The minimum atomic E-state index is -3.54. The zero-order chi connectivity index (χ0) is 22.4. The second-order valence-corrected chi connectivity index (χ2v) is 9.84. The van der Waals surface area contributed by atoms with Crippen molar-refractivity contribution in [1.82, 2.24) is 9.21 Å². The molecule has 32 heavy (non-hydrogen) atoms. The molecule has 4 rings (SSSR count). The fraction of sp³-hybridized carbons (Fsp3) is 0.292. The summed E-state index contributed by atoms with van der Waals surface area (Å²) in [5, 5.41) is 2.85. The summed E-state index contributed by atoms with van der Waals surface area (Å²) in [6.07, 6.45) is 3.37. The minimum Gasteiger partial charge on any atom is -0.468 e. The Hall–Kier alpha value is -2.94. The van der Waals surface area contributed by atoms with Crippen molar-refractivity contribution in [2.24, 2.45) is 0 Å². The Morgan fingerprint density at radius 3 is 2.47 bits per heavy atom. The number of hydrogen-bond donors (Lipinski definition) is 1. The molecule has 3 aromatic rings. The Morgan fingerprint density at radius 2 is 1.75 bits per heavy atom. The maximum Gasteiger partial charge on any atom is 0.243 e. The summed E-state index contributed by atoms with van der Waals surface area (Å²) >= 11 is 0. The van der Waals surface area contributed by atoms with E-state index in [2.05, 4.69) is 5.32 Å². The van der Waals surface area contributed by atoms with Crippen LogP contribution >= 0.6 is 0 Å². The molecule has 0 saturated carbocycles. The van der Waals surface area contributed by atoms with Crippen LogP contribution in [0, 0.1) is 0 Å². The van der Waals surface area contributed by atoms with Gasteiger partial charge in [0.1, 0.15) is 5.76 Å². The maximum atomic E-state index is 12.8. The van der Waals surface area contributed by atoms with Gasteiger partial charge < -0.3 is 9.73 Å². The normalized spacial score (nSPS) is 14.7. The topological polar surface area (TPSA) is 82.9 Å². The molecule has 0 bridgehead atoms. The molecule has 0 spiro atoms. The Morgan fingerprint density at radius 1 is 0.969 bits per heavy atom. The van der Waals surface area contributed by atoms with Gasteiger partial charge in [-0.2, -0.15) is 4.31 Å². The molecule has 2 heterocycles. The fourth-order valence-corrected chi connectivity index (χ4v) is 5.41. The van der Waals surface area contributed by atoms with Gasteiger partial charge in [0.2, 0.25) is 15.9 Å². The molecule has 7 nitrogen and oxygen atoms in total. The average Bonchev–Trinajstić information content (AvgIpc) is 3.49. The first-order valence-corrected chi connectivity index (χ1v) is 12.1. The molecule has 0 unspecified atom stereocenters. The lowest BCUT2D eigenvalue weighted by Crippen LogP contribution is -2.32. The number of carbonyl (C=O) groups is 1. The molecule has 1 amide bonds. The van der Waals surface area contributed by atoms with Crippen LogP contribution in [0.1, 0.15) is 24.2 Å². The lowest BCUT2D eigenvalue weighted by atomic mass is 10.2. The number of carbonyl (C=O) groups excluding carboxylic acids is 1. The zero-order valence-corrected chi connectivity index (χ0v) is 18.6. The van der Waals surface area contributed by atoms with Gasteiger partial charge in [-0.05, 0) is 48.7 Å². The number of rotatable bonds is 9. The van der Waals surface area contributed by atoms with Gasteiger partial charge in [-0.3, -0.25) is 9.69 Å². The molecule has 1 aliphatic rings. The van der Waals surface area contributed by atoms with Crippen molar-refractivity contribution in [2.45, 2.75) is 30.8 Å². The third-order valence-corrected chi connectivity index (χ3v) is 7.29. The van der Waals surface area contributed by atoms with Gasteiger partial charge in [-0.15, -0.1) is 0 Å². The summed E-state index contributed by atoms with van der Waals surface area (Å²) < 4.78 is 32.6. The Kier molecular flexibility index (Phi) is 7.04. The van der Waals surface area contributed by atoms with Crippen molar-refractivity contribution in [3.05, 3.63) is 84.3 Å². The molecule has 168 valence electrons. The molecular formula is C24H27N3O4S. The minimum absolute atomic E-state index is 0.138. The first-order chi connectivity index (χ1) is 15.5. The van der Waals surface area contributed by atoms with Crippen molar-refractivity contribution in [1.29, 1.82) is 0 Å². The van der Waals surface area contributed by atoms with Crippen molar-refractivity contribution >= 4 is 21.6 Å². The summed E-state index contributed by atoms with van der Waals surface area (Å²) in [7, 11) is -3.54. The molecule has 0 radical (unpaired) electrons. The Balaban J connectivity index is 1.44. The summed E-state index contributed by atoms with van der Waals surface area (Å²) in [5.74, 6) is 0.552. The van der Waals surface area contributed by atoms with Crippen LogP contribution in [0.5, 0.6) is 0 Å². The lowest BCUT2D eigenvalue weighted by Gasteiger charge is -2.21. The molecule has 1 aromatic heterocycles. The van der Waals surface area contributed by atoms with Crippen LogP contribution in [0.25, 0.3) is 0 Å². The molecular weight excluding hydrogens is 426 g/mol. The first-order valence-electron chi connectivity index (χ1n) is 10.7. The molecule has 1 fully saturated rings. The highest BCUT2D eigenvalue weighted by molar-refractivity contribution is 7.89. The smallest absolute Gasteiger partial charge is 0.243 e. The second kappa shape index (κ2) is 10.1. The van der Waals surface area contributed by atoms with Gasteiger partial charge in [-0.25, -0.2) is 8.42 Å². The highest BCUT2D eigenvalue weighted by atomic mass is 32.2. The molecule has 1 N–H and O–H groups in total. The Bertz CT molecular complexity index is 1130. The quantitative estimate of drug-likeness (QED) is 0.534. The van der Waals surface area contributed by atoms with Gasteiger partial charge in [-0.1, -0.05) is 36.4 Å². The fourth-order valence-electron chi connectivity index (χ4n) is 3.85. The standard InChI is InChI=1S/C24H27N3O4S/c28-24(19-26(18-22-11-7-15-31-22)17-20-8-2-1-3-9-20)25-21-10-6-12-23(16-21)32(29,30)27-13-4-5-14-27/h1-3,6-12,15-16H,4-5,13-14,17-19H2,(H,25,28). The number of sulfonamides is 1. The van der Waals surface area contributed by atoms with E-state index < -0.39 is 10.0 Å². The molecule has 1 saturated heterocycles. The first kappa shape index (κ1) is 22.3. The SMILES string of the molecule is O=C(CN(Cc1ccccc1)Cc1ccco1)Nc1cccc(S(=O)(=O)N2CCCC2)c1. The number of hydrogen-bond acceptors (Lipinski definition) is 5. The van der Waals surface area contributed by atoms with E-state index in [9.17, 15) is 13.2 Å². The zero-order valence-electron chi connectivity index (χ0n) is 17.8. The second-order valence-electron chi connectivity index (χ2n) is 7.90. The number of amides is 1. The van der Waals surface area contributed by atoms with Crippen molar-refractivity contribution < 1.29 is 17.6 Å². The van der Waals surface area contributed by atoms with Crippen molar-refractivity contribution in [2.75, 3.05) is 25.0 Å². The van der Waals surface area contributed by atoms with Crippen LogP contribution in [-0.2, 0) is 27.9 Å². The van der Waals surface area contributed by atoms with Crippen LogP contribution in [0.4, 0.5) is 5.69 Å². The van der Waals surface area contributed by atoms with Crippen LogP contribution in [0.2, 0.25) is 0 Å². The van der Waals surface area contributed by atoms with E-state index in [-0.39, 0.29) is 17.3 Å². The predicted octanol–water partition coefficient (Wildman–Crippen LogP) is 3.71. The lowest BCUT2D eigenvalue weighted by molar-refractivity contribution is -0.117. The summed E-state index contributed by atoms with van der Waals surface area (Å²) in [6, 6.07) is 20.1. The van der Waals surface area contributed by atoms with Crippen LogP contribution in [-0.4, -0.2) is 43.2 Å². The highest BCUT2D eigenvalue weighted by Gasteiger charge is 2.27. The van der Waals surface area contributed by atoms with E-state index in [1.807, 2.05) is 47.4 Å². The third-order valence-electron chi connectivity index (χ3n) is 5.40. The number of anilines is 1. The van der Waals surface area contributed by atoms with Gasteiger partial charge in [0, 0.05) is 25.3 Å². The maximum absolute atomic E-state index is 12.8. The van der Waals surface area contributed by atoms with Gasteiger partial charge in [0.25, 0.3) is 0 Å². The predicted molar refractivity (Wildman–Crippen MR) is 122 cm³/mol. The highest BCUT2D eigenvalue weighted by Crippen LogP contribution is 2.23. The van der Waals surface area contributed by atoms with Gasteiger partial charge >= 0.3 is 0 Å². The average molecular weight is 454 g/mol. The van der Waals surface area contributed by atoms with E-state index in [4.69, 9.17) is 4.42 Å². The molecule has 1 aliphatic heterocycles. The van der Waals surface area contributed by atoms with E-state index in [1.165, 1.54) is 10.4 Å². The van der Waals surface area contributed by atoms with E-state index >= 15 is 0 Å². The number of nitrogens with one attached hydrogen (secondary N) is 1. The number of benzene rings is 2. The summed E-state index contributed by atoms with van der Waals surface area (Å²) in [5.41, 5.74) is 1.55. The molecule has 2 aromatic carbocycles. The largest absolute Gasteiger partial charge is 0.468 e. The van der Waals surface area contributed by atoms with Crippen molar-refractivity contribution in [3.8, 4) is 0 Å². The Labute approximate surface area is 188 Å². The molecule has 0 atom stereocenters. The van der Waals surface area contributed by atoms with Crippen LogP contribution in [0.3, 0.4) is 0 Å². The van der Waals surface area contributed by atoms with Gasteiger partial charge in [0.15, 0.2) is 0 Å². The van der Waals surface area contributed by atoms with E-state index in [0.29, 0.717) is 31.9 Å². The van der Waals surface area contributed by atoms with Crippen LogP contribution < -0.4 is 5.32 Å². The van der Waals surface area contributed by atoms with Crippen molar-refractivity contribution in [3.63, 3.8) is 0 Å². The molecule has 0 aliphatic carbocycles.